The Morgan fingerprint density at radius 1 is 0.960 bits per heavy atom. The highest BCUT2D eigenvalue weighted by Gasteiger charge is 2.10. The van der Waals surface area contributed by atoms with Gasteiger partial charge in [-0.1, -0.05) is 24.3 Å². The first-order valence-electron chi connectivity index (χ1n) is 8.06. The SMILES string of the molecule is Cc1cccc(Nc2cnc(C(=O)Nc3cccc(C)c3C)cn2)c1. The predicted molar refractivity (Wildman–Crippen MR) is 100 cm³/mol. The van der Waals surface area contributed by atoms with Gasteiger partial charge in [0.15, 0.2) is 0 Å². The summed E-state index contributed by atoms with van der Waals surface area (Å²) in [5, 5.41) is 6.05. The molecule has 25 heavy (non-hydrogen) atoms. The number of carbonyl (C=O) groups is 1. The van der Waals surface area contributed by atoms with Crippen LogP contribution in [-0.4, -0.2) is 15.9 Å². The monoisotopic (exact) mass is 332 g/mol. The Morgan fingerprint density at radius 2 is 1.76 bits per heavy atom. The summed E-state index contributed by atoms with van der Waals surface area (Å²) >= 11 is 0. The molecule has 126 valence electrons. The van der Waals surface area contributed by atoms with Crippen LogP contribution in [-0.2, 0) is 0 Å². The molecular weight excluding hydrogens is 312 g/mol. The minimum absolute atomic E-state index is 0.274. The molecule has 0 atom stereocenters. The lowest BCUT2D eigenvalue weighted by Gasteiger charge is -2.10. The number of nitrogens with zero attached hydrogens (tertiary/aromatic N) is 2. The van der Waals surface area contributed by atoms with Crippen LogP contribution in [0.3, 0.4) is 0 Å². The summed E-state index contributed by atoms with van der Waals surface area (Å²) in [6.07, 6.45) is 3.03. The first kappa shape index (κ1) is 16.6. The fourth-order valence-electron chi connectivity index (χ4n) is 2.45. The maximum atomic E-state index is 12.4. The second-order valence-corrected chi connectivity index (χ2v) is 5.98. The number of rotatable bonds is 4. The van der Waals surface area contributed by atoms with E-state index in [4.69, 9.17) is 0 Å². The van der Waals surface area contributed by atoms with Gasteiger partial charge in [-0.15, -0.1) is 0 Å². The van der Waals surface area contributed by atoms with Crippen LogP contribution in [0.5, 0.6) is 0 Å². The third kappa shape index (κ3) is 4.01. The van der Waals surface area contributed by atoms with E-state index in [9.17, 15) is 4.79 Å². The number of anilines is 3. The maximum absolute atomic E-state index is 12.4. The summed E-state index contributed by atoms with van der Waals surface area (Å²) in [6, 6.07) is 13.8. The Bertz CT molecular complexity index is 904. The van der Waals surface area contributed by atoms with E-state index in [0.717, 1.165) is 28.1 Å². The van der Waals surface area contributed by atoms with Gasteiger partial charge in [0.25, 0.3) is 5.91 Å². The molecule has 0 saturated carbocycles. The molecule has 3 aromatic rings. The highest BCUT2D eigenvalue weighted by molar-refractivity contribution is 6.03. The van der Waals surface area contributed by atoms with Crippen molar-refractivity contribution in [3.8, 4) is 0 Å². The number of hydrogen-bond donors (Lipinski definition) is 2. The quantitative estimate of drug-likeness (QED) is 0.743. The van der Waals surface area contributed by atoms with Crippen LogP contribution in [0.2, 0.25) is 0 Å². The lowest BCUT2D eigenvalue weighted by molar-refractivity contribution is 0.102. The van der Waals surface area contributed by atoms with Gasteiger partial charge in [0, 0.05) is 11.4 Å². The zero-order chi connectivity index (χ0) is 17.8. The minimum Gasteiger partial charge on any atom is -0.339 e. The summed E-state index contributed by atoms with van der Waals surface area (Å²) in [4.78, 5) is 20.8. The normalized spacial score (nSPS) is 10.4. The first-order chi connectivity index (χ1) is 12.0. The average Bonchev–Trinajstić information content (AvgIpc) is 2.59. The molecule has 1 amide bonds. The van der Waals surface area contributed by atoms with Crippen molar-refractivity contribution >= 4 is 23.1 Å². The lowest BCUT2D eigenvalue weighted by Crippen LogP contribution is -2.15. The van der Waals surface area contributed by atoms with Crippen molar-refractivity contribution in [2.24, 2.45) is 0 Å². The van der Waals surface area contributed by atoms with Crippen LogP contribution in [0.1, 0.15) is 27.2 Å². The molecule has 0 radical (unpaired) electrons. The van der Waals surface area contributed by atoms with Crippen LogP contribution in [0.15, 0.2) is 54.9 Å². The van der Waals surface area contributed by atoms with Crippen LogP contribution >= 0.6 is 0 Å². The Hall–Kier alpha value is -3.21. The van der Waals surface area contributed by atoms with Crippen LogP contribution in [0.4, 0.5) is 17.2 Å². The van der Waals surface area contributed by atoms with Gasteiger partial charge in [0.1, 0.15) is 11.5 Å². The summed E-state index contributed by atoms with van der Waals surface area (Å²) in [5.41, 5.74) is 5.32. The molecule has 0 saturated heterocycles. The summed E-state index contributed by atoms with van der Waals surface area (Å²) in [7, 11) is 0. The number of carbonyl (C=O) groups excluding carboxylic acids is 1. The molecule has 2 aromatic carbocycles. The molecule has 0 unspecified atom stereocenters. The van der Waals surface area contributed by atoms with Crippen molar-refractivity contribution in [1.29, 1.82) is 0 Å². The van der Waals surface area contributed by atoms with E-state index in [1.807, 2.05) is 63.2 Å². The zero-order valence-electron chi connectivity index (χ0n) is 14.5. The predicted octanol–water partition coefficient (Wildman–Crippen LogP) is 4.40. The fourth-order valence-corrected chi connectivity index (χ4v) is 2.45. The van der Waals surface area contributed by atoms with Gasteiger partial charge in [-0.2, -0.15) is 0 Å². The molecule has 0 bridgehead atoms. The average molecular weight is 332 g/mol. The molecule has 0 spiro atoms. The fraction of sp³-hybridized carbons (Fsp3) is 0.150. The van der Waals surface area contributed by atoms with E-state index < -0.39 is 0 Å². The van der Waals surface area contributed by atoms with Gasteiger partial charge in [-0.25, -0.2) is 9.97 Å². The van der Waals surface area contributed by atoms with Gasteiger partial charge in [0.2, 0.25) is 0 Å². The van der Waals surface area contributed by atoms with E-state index in [0.29, 0.717) is 5.82 Å². The second kappa shape index (κ2) is 7.13. The number of aryl methyl sites for hydroxylation is 2. The third-order valence-corrected chi connectivity index (χ3v) is 4.03. The maximum Gasteiger partial charge on any atom is 0.275 e. The van der Waals surface area contributed by atoms with Gasteiger partial charge < -0.3 is 10.6 Å². The molecule has 3 rings (SSSR count). The molecular formula is C20H20N4O. The number of nitrogens with one attached hydrogen (secondary N) is 2. The van der Waals surface area contributed by atoms with E-state index in [1.165, 1.54) is 6.20 Å². The summed E-state index contributed by atoms with van der Waals surface area (Å²) < 4.78 is 0. The summed E-state index contributed by atoms with van der Waals surface area (Å²) in [5.74, 6) is 0.317. The molecule has 2 N–H and O–H groups in total. The van der Waals surface area contributed by atoms with E-state index in [2.05, 4.69) is 20.6 Å². The van der Waals surface area contributed by atoms with Gasteiger partial charge in [-0.05, 0) is 55.7 Å². The van der Waals surface area contributed by atoms with Crippen molar-refractivity contribution in [1.82, 2.24) is 9.97 Å². The van der Waals surface area contributed by atoms with Crippen LogP contribution in [0.25, 0.3) is 0 Å². The highest BCUT2D eigenvalue weighted by atomic mass is 16.1. The van der Waals surface area contributed by atoms with Crippen molar-refractivity contribution in [3.63, 3.8) is 0 Å². The van der Waals surface area contributed by atoms with Crippen molar-refractivity contribution < 1.29 is 4.79 Å². The van der Waals surface area contributed by atoms with Gasteiger partial charge >= 0.3 is 0 Å². The summed E-state index contributed by atoms with van der Waals surface area (Å²) in [6.45, 7) is 6.01. The van der Waals surface area contributed by atoms with Gasteiger partial charge in [-0.3, -0.25) is 4.79 Å². The van der Waals surface area contributed by atoms with Gasteiger partial charge in [0.05, 0.1) is 12.4 Å². The van der Waals surface area contributed by atoms with E-state index >= 15 is 0 Å². The Labute approximate surface area is 147 Å². The Balaban J connectivity index is 1.71. The minimum atomic E-state index is -0.275. The second-order valence-electron chi connectivity index (χ2n) is 5.98. The van der Waals surface area contributed by atoms with E-state index in [1.54, 1.807) is 6.20 Å². The number of amides is 1. The standard InChI is InChI=1S/C20H20N4O/c1-13-6-4-8-16(10-13)23-19-12-21-18(11-22-19)20(25)24-17-9-5-7-14(2)15(17)3/h4-12H,1-3H3,(H,22,23)(H,24,25). The number of benzene rings is 2. The largest absolute Gasteiger partial charge is 0.339 e. The van der Waals surface area contributed by atoms with Crippen molar-refractivity contribution in [2.75, 3.05) is 10.6 Å². The molecule has 1 aromatic heterocycles. The topological polar surface area (TPSA) is 66.9 Å². The van der Waals surface area contributed by atoms with Crippen molar-refractivity contribution in [2.45, 2.75) is 20.8 Å². The molecule has 0 aliphatic heterocycles. The lowest BCUT2D eigenvalue weighted by atomic mass is 10.1. The molecule has 0 fully saturated rings. The first-order valence-corrected chi connectivity index (χ1v) is 8.06. The Morgan fingerprint density at radius 3 is 2.48 bits per heavy atom. The third-order valence-electron chi connectivity index (χ3n) is 4.03. The smallest absolute Gasteiger partial charge is 0.275 e. The highest BCUT2D eigenvalue weighted by Crippen LogP contribution is 2.19. The van der Waals surface area contributed by atoms with Crippen LogP contribution in [0, 0.1) is 20.8 Å². The zero-order valence-corrected chi connectivity index (χ0v) is 14.5. The molecule has 5 heteroatoms. The molecule has 1 heterocycles. The van der Waals surface area contributed by atoms with Crippen molar-refractivity contribution in [3.05, 3.63) is 77.2 Å². The number of aromatic nitrogens is 2. The van der Waals surface area contributed by atoms with Crippen LogP contribution < -0.4 is 10.6 Å². The molecule has 0 aliphatic carbocycles. The molecule has 5 nitrogen and oxygen atoms in total. The van der Waals surface area contributed by atoms with E-state index in [-0.39, 0.29) is 11.6 Å². The Kier molecular flexibility index (Phi) is 4.75. The molecule has 0 aliphatic rings. The number of hydrogen-bond acceptors (Lipinski definition) is 4.